The number of thioether (sulfide) groups is 1. The molecule has 0 bridgehead atoms. The van der Waals surface area contributed by atoms with E-state index in [0.29, 0.717) is 6.04 Å². The average Bonchev–Trinajstić information content (AvgIpc) is 3.23. The lowest BCUT2D eigenvalue weighted by molar-refractivity contribution is -0.0104. The van der Waals surface area contributed by atoms with E-state index in [4.69, 9.17) is 15.5 Å². The smallest absolute Gasteiger partial charge is 0.191 e. The first-order valence-corrected chi connectivity index (χ1v) is 8.80. The van der Waals surface area contributed by atoms with Gasteiger partial charge in [-0.3, -0.25) is 9.89 Å². The van der Waals surface area contributed by atoms with Gasteiger partial charge in [0.2, 0.25) is 0 Å². The lowest BCUT2D eigenvalue weighted by atomic mass is 9.96. The van der Waals surface area contributed by atoms with Crippen molar-refractivity contribution in [1.82, 2.24) is 9.80 Å². The maximum Gasteiger partial charge on any atom is 0.191 e. The molecule has 0 amide bonds. The molecule has 0 aromatic rings. The number of nitrogens with two attached hydrogens (primary N) is 1. The quantitative estimate of drug-likeness (QED) is 0.608. The van der Waals surface area contributed by atoms with Gasteiger partial charge in [-0.25, -0.2) is 0 Å². The van der Waals surface area contributed by atoms with Crippen LogP contribution in [0.2, 0.25) is 0 Å². The van der Waals surface area contributed by atoms with E-state index in [1.807, 2.05) is 11.8 Å². The number of rotatable bonds is 4. The SMILES string of the molecule is CN(C(N)=NCC1(N2CCOCC2)CCSC1)C1CC1. The first kappa shape index (κ1) is 14.5. The molecule has 0 radical (unpaired) electrons. The lowest BCUT2D eigenvalue weighted by Crippen LogP contribution is -2.56. The first-order valence-electron chi connectivity index (χ1n) is 7.65. The van der Waals surface area contributed by atoms with Gasteiger partial charge in [0.05, 0.1) is 25.3 Å². The summed E-state index contributed by atoms with van der Waals surface area (Å²) < 4.78 is 5.49. The van der Waals surface area contributed by atoms with Crippen LogP contribution in [0.3, 0.4) is 0 Å². The average molecular weight is 298 g/mol. The molecular weight excluding hydrogens is 272 g/mol. The maximum absolute atomic E-state index is 6.15. The number of hydrogen-bond donors (Lipinski definition) is 1. The van der Waals surface area contributed by atoms with E-state index in [9.17, 15) is 0 Å². The number of nitrogens with zero attached hydrogens (tertiary/aromatic N) is 3. The second kappa shape index (κ2) is 6.12. The fraction of sp³-hybridized carbons (Fsp3) is 0.929. The molecule has 5 nitrogen and oxygen atoms in total. The lowest BCUT2D eigenvalue weighted by Gasteiger charge is -2.42. The van der Waals surface area contributed by atoms with Crippen LogP contribution in [0.4, 0.5) is 0 Å². The Bertz CT molecular complexity index is 360. The summed E-state index contributed by atoms with van der Waals surface area (Å²) in [7, 11) is 2.07. The molecule has 2 heterocycles. The van der Waals surface area contributed by atoms with E-state index >= 15 is 0 Å². The Morgan fingerprint density at radius 2 is 2.20 bits per heavy atom. The maximum atomic E-state index is 6.15. The highest BCUT2D eigenvalue weighted by atomic mass is 32.2. The minimum absolute atomic E-state index is 0.212. The molecule has 3 fully saturated rings. The van der Waals surface area contributed by atoms with Gasteiger partial charge in [-0.15, -0.1) is 0 Å². The molecule has 1 aliphatic carbocycles. The third-order valence-corrected chi connectivity index (χ3v) is 5.99. The second-order valence-electron chi connectivity index (χ2n) is 6.14. The fourth-order valence-corrected chi connectivity index (χ4v) is 4.56. The summed E-state index contributed by atoms with van der Waals surface area (Å²) in [6.45, 7) is 4.62. The van der Waals surface area contributed by atoms with Crippen LogP contribution in [0, 0.1) is 0 Å². The number of guanidine groups is 1. The van der Waals surface area contributed by atoms with Crippen molar-refractivity contribution in [3.63, 3.8) is 0 Å². The predicted octanol–water partition coefficient (Wildman–Crippen LogP) is 0.603. The van der Waals surface area contributed by atoms with Crippen LogP contribution in [0.15, 0.2) is 4.99 Å². The zero-order valence-electron chi connectivity index (χ0n) is 12.4. The molecule has 2 N–H and O–H groups in total. The van der Waals surface area contributed by atoms with Crippen molar-refractivity contribution < 1.29 is 4.74 Å². The zero-order valence-corrected chi connectivity index (χ0v) is 13.2. The molecule has 3 aliphatic rings. The van der Waals surface area contributed by atoms with Gasteiger partial charge in [-0.05, 0) is 25.0 Å². The monoisotopic (exact) mass is 298 g/mol. The number of ether oxygens (including phenoxy) is 1. The van der Waals surface area contributed by atoms with Crippen LogP contribution in [0.25, 0.3) is 0 Å². The predicted molar refractivity (Wildman–Crippen MR) is 84.3 cm³/mol. The molecule has 1 atom stereocenters. The zero-order chi connectivity index (χ0) is 14.0. The Morgan fingerprint density at radius 1 is 1.45 bits per heavy atom. The van der Waals surface area contributed by atoms with Crippen LogP contribution in [0.1, 0.15) is 19.3 Å². The van der Waals surface area contributed by atoms with Crippen molar-refractivity contribution in [2.45, 2.75) is 30.8 Å². The Kier molecular flexibility index (Phi) is 4.43. The molecule has 20 heavy (non-hydrogen) atoms. The van der Waals surface area contributed by atoms with Crippen LogP contribution in [0.5, 0.6) is 0 Å². The first-order chi connectivity index (χ1) is 9.71. The molecule has 0 aromatic carbocycles. The summed E-state index contributed by atoms with van der Waals surface area (Å²) in [6.07, 6.45) is 3.75. The molecule has 6 heteroatoms. The summed E-state index contributed by atoms with van der Waals surface area (Å²) >= 11 is 2.05. The topological polar surface area (TPSA) is 54.1 Å². The van der Waals surface area contributed by atoms with Crippen molar-refractivity contribution in [1.29, 1.82) is 0 Å². The van der Waals surface area contributed by atoms with Crippen molar-refractivity contribution in [2.75, 3.05) is 51.4 Å². The molecule has 2 saturated heterocycles. The Hall–Kier alpha value is -0.460. The van der Waals surface area contributed by atoms with Crippen LogP contribution in [-0.2, 0) is 4.74 Å². The summed E-state index contributed by atoms with van der Waals surface area (Å²) in [6, 6.07) is 0.635. The fourth-order valence-electron chi connectivity index (χ4n) is 3.10. The van der Waals surface area contributed by atoms with Crippen molar-refractivity contribution >= 4 is 17.7 Å². The summed E-state index contributed by atoms with van der Waals surface area (Å²) in [5.74, 6) is 3.14. The number of aliphatic imine (C=N–C) groups is 1. The third kappa shape index (κ3) is 3.07. The van der Waals surface area contributed by atoms with E-state index in [1.165, 1.54) is 30.8 Å². The van der Waals surface area contributed by atoms with E-state index in [1.54, 1.807) is 0 Å². The molecular formula is C14H26N4OS. The summed E-state index contributed by atoms with van der Waals surface area (Å²) in [5.41, 5.74) is 6.36. The van der Waals surface area contributed by atoms with Gasteiger partial charge in [-0.2, -0.15) is 11.8 Å². The summed E-state index contributed by atoms with van der Waals surface area (Å²) in [5, 5.41) is 0. The van der Waals surface area contributed by atoms with Crippen molar-refractivity contribution in [3.8, 4) is 0 Å². The normalized spacial score (nSPS) is 32.5. The summed E-state index contributed by atoms with van der Waals surface area (Å²) in [4.78, 5) is 9.47. The standard InChI is InChI=1S/C14H26N4OS/c1-17(12-2-3-12)13(15)16-10-14(4-9-20-11-14)18-5-7-19-8-6-18/h12H,2-11H2,1H3,(H2,15,16). The number of hydrogen-bond acceptors (Lipinski definition) is 4. The highest BCUT2D eigenvalue weighted by Gasteiger charge is 2.40. The Labute approximate surface area is 125 Å². The largest absolute Gasteiger partial charge is 0.379 e. The van der Waals surface area contributed by atoms with Gasteiger partial charge >= 0.3 is 0 Å². The molecule has 114 valence electrons. The molecule has 3 rings (SSSR count). The Morgan fingerprint density at radius 3 is 2.80 bits per heavy atom. The van der Waals surface area contributed by atoms with Crippen molar-refractivity contribution in [2.24, 2.45) is 10.7 Å². The van der Waals surface area contributed by atoms with Crippen LogP contribution < -0.4 is 5.73 Å². The van der Waals surface area contributed by atoms with Crippen LogP contribution >= 0.6 is 11.8 Å². The minimum atomic E-state index is 0.212. The van der Waals surface area contributed by atoms with E-state index < -0.39 is 0 Å². The molecule has 0 aromatic heterocycles. The van der Waals surface area contributed by atoms with E-state index in [0.717, 1.165) is 38.8 Å². The van der Waals surface area contributed by atoms with Gasteiger partial charge in [0.25, 0.3) is 0 Å². The number of morpholine rings is 1. The van der Waals surface area contributed by atoms with Gasteiger partial charge < -0.3 is 15.4 Å². The van der Waals surface area contributed by atoms with Crippen molar-refractivity contribution in [3.05, 3.63) is 0 Å². The molecule has 0 spiro atoms. The van der Waals surface area contributed by atoms with E-state index in [-0.39, 0.29) is 5.54 Å². The van der Waals surface area contributed by atoms with E-state index in [2.05, 4.69) is 16.8 Å². The van der Waals surface area contributed by atoms with Gasteiger partial charge in [0.1, 0.15) is 0 Å². The van der Waals surface area contributed by atoms with Crippen LogP contribution in [-0.4, -0.2) is 78.7 Å². The minimum Gasteiger partial charge on any atom is -0.379 e. The molecule has 2 aliphatic heterocycles. The highest BCUT2D eigenvalue weighted by Crippen LogP contribution is 2.34. The molecule has 1 saturated carbocycles. The third-order valence-electron chi connectivity index (χ3n) is 4.76. The van der Waals surface area contributed by atoms with Gasteiger partial charge in [-0.1, -0.05) is 0 Å². The van der Waals surface area contributed by atoms with Gasteiger partial charge in [0.15, 0.2) is 5.96 Å². The Balaban J connectivity index is 1.65. The van der Waals surface area contributed by atoms with Gasteiger partial charge in [0, 0.05) is 31.9 Å². The second-order valence-corrected chi connectivity index (χ2v) is 7.25. The molecule has 1 unspecified atom stereocenters. The highest BCUT2D eigenvalue weighted by molar-refractivity contribution is 7.99.